The fraction of sp³-hybridized carbons (Fsp3) is 0.353. The molecule has 1 aliphatic carbocycles. The maximum Gasteiger partial charge on any atom is 0.220 e. The Kier molecular flexibility index (Phi) is 4.27. The molecular formula is C17H17ClFN3O2. The largest absolute Gasteiger partial charge is 0.386 e. The maximum atomic E-state index is 14.0. The Morgan fingerprint density at radius 2 is 2.08 bits per heavy atom. The normalized spacial score (nSPS) is 14.5. The van der Waals surface area contributed by atoms with Gasteiger partial charge in [-0.15, -0.1) is 0 Å². The molecule has 1 aliphatic rings. The maximum absolute atomic E-state index is 14.0. The molecule has 2 aromatic heterocycles. The van der Waals surface area contributed by atoms with Crippen molar-refractivity contribution in [2.45, 2.75) is 32.3 Å². The van der Waals surface area contributed by atoms with E-state index in [1.807, 2.05) is 0 Å². The second-order valence-corrected chi connectivity index (χ2v) is 6.81. The Bertz CT molecular complexity index is 801. The van der Waals surface area contributed by atoms with Crippen molar-refractivity contribution in [1.82, 2.24) is 9.97 Å². The molecule has 5 nitrogen and oxygen atoms in total. The predicted octanol–water partition coefficient (Wildman–Crippen LogP) is 3.83. The number of ketones is 1. The van der Waals surface area contributed by atoms with Crippen LogP contribution in [0.3, 0.4) is 0 Å². The summed E-state index contributed by atoms with van der Waals surface area (Å²) in [6.45, 7) is 2.97. The van der Waals surface area contributed by atoms with E-state index in [0.717, 1.165) is 12.8 Å². The average molecular weight is 350 g/mol. The summed E-state index contributed by atoms with van der Waals surface area (Å²) in [5.74, 6) is -0.106. The van der Waals surface area contributed by atoms with Crippen molar-refractivity contribution in [1.29, 1.82) is 0 Å². The summed E-state index contributed by atoms with van der Waals surface area (Å²) in [5, 5.41) is 13.0. The molecule has 0 unspecified atom stereocenters. The highest BCUT2D eigenvalue weighted by molar-refractivity contribution is 6.34. The van der Waals surface area contributed by atoms with Gasteiger partial charge in [0.15, 0.2) is 5.78 Å². The lowest BCUT2D eigenvalue weighted by Gasteiger charge is -2.18. The third-order valence-electron chi connectivity index (χ3n) is 3.83. The molecule has 1 fully saturated rings. The zero-order valence-electron chi connectivity index (χ0n) is 13.3. The highest BCUT2D eigenvalue weighted by Crippen LogP contribution is 2.35. The van der Waals surface area contributed by atoms with Crippen LogP contribution < -0.4 is 5.32 Å². The predicted molar refractivity (Wildman–Crippen MR) is 89.0 cm³/mol. The monoisotopic (exact) mass is 349 g/mol. The number of anilines is 2. The van der Waals surface area contributed by atoms with Gasteiger partial charge in [-0.05, 0) is 38.8 Å². The number of hydrogen-bond donors (Lipinski definition) is 2. The zero-order valence-corrected chi connectivity index (χ0v) is 14.1. The van der Waals surface area contributed by atoms with Gasteiger partial charge in [-0.25, -0.2) is 9.97 Å². The van der Waals surface area contributed by atoms with Gasteiger partial charge in [-0.2, -0.15) is 4.39 Å². The molecule has 0 aromatic carbocycles. The zero-order chi connectivity index (χ0) is 17.5. The molecule has 0 saturated heterocycles. The van der Waals surface area contributed by atoms with Crippen molar-refractivity contribution < 1.29 is 14.3 Å². The topological polar surface area (TPSA) is 75.1 Å². The lowest BCUT2D eigenvalue weighted by atomic mass is 10.0. The van der Waals surface area contributed by atoms with Crippen LogP contribution in [0.25, 0.3) is 0 Å². The molecule has 2 aromatic rings. The number of aliphatic hydroxyl groups is 1. The Hall–Kier alpha value is -2.05. The van der Waals surface area contributed by atoms with Gasteiger partial charge in [-0.1, -0.05) is 11.6 Å². The van der Waals surface area contributed by atoms with Gasteiger partial charge in [0.25, 0.3) is 0 Å². The Morgan fingerprint density at radius 3 is 2.62 bits per heavy atom. The fourth-order valence-corrected chi connectivity index (χ4v) is 2.58. The standard InChI is InChI=1S/C17H17ClFN3O2/c1-17(2,24)11-5-6-13(22-16(11)19)21-14-7-12(18)10(8-20-14)15(23)9-3-4-9/h5-9,24H,3-4H2,1-2H3,(H,20,21,22). The summed E-state index contributed by atoms with van der Waals surface area (Å²) in [6.07, 6.45) is 3.21. The minimum Gasteiger partial charge on any atom is -0.386 e. The second-order valence-electron chi connectivity index (χ2n) is 6.41. The number of rotatable bonds is 5. The van der Waals surface area contributed by atoms with Crippen molar-refractivity contribution in [2.24, 2.45) is 5.92 Å². The van der Waals surface area contributed by atoms with Crippen molar-refractivity contribution in [3.8, 4) is 0 Å². The van der Waals surface area contributed by atoms with Crippen LogP contribution in [0, 0.1) is 11.9 Å². The average Bonchev–Trinajstić information content (AvgIpc) is 3.30. The molecule has 0 atom stereocenters. The summed E-state index contributed by atoms with van der Waals surface area (Å²) in [7, 11) is 0. The number of nitrogens with zero attached hydrogens (tertiary/aromatic N) is 2. The molecule has 0 radical (unpaired) electrons. The van der Waals surface area contributed by atoms with Gasteiger partial charge in [0.05, 0.1) is 16.2 Å². The molecule has 7 heteroatoms. The van der Waals surface area contributed by atoms with Gasteiger partial charge >= 0.3 is 0 Å². The third kappa shape index (κ3) is 3.55. The Morgan fingerprint density at radius 1 is 1.38 bits per heavy atom. The van der Waals surface area contributed by atoms with Crippen LogP contribution in [0.5, 0.6) is 0 Å². The summed E-state index contributed by atoms with van der Waals surface area (Å²) >= 11 is 6.15. The van der Waals surface area contributed by atoms with Crippen LogP contribution in [0.1, 0.15) is 42.6 Å². The van der Waals surface area contributed by atoms with Crippen LogP contribution in [0.15, 0.2) is 24.4 Å². The number of aromatic nitrogens is 2. The number of halogens is 2. The van der Waals surface area contributed by atoms with E-state index >= 15 is 0 Å². The lowest BCUT2D eigenvalue weighted by Crippen LogP contribution is -2.18. The van der Waals surface area contributed by atoms with Crippen molar-refractivity contribution in [2.75, 3.05) is 5.32 Å². The van der Waals surface area contributed by atoms with E-state index in [1.165, 1.54) is 38.2 Å². The molecule has 2 N–H and O–H groups in total. The highest BCUT2D eigenvalue weighted by Gasteiger charge is 2.31. The van der Waals surface area contributed by atoms with E-state index in [4.69, 9.17) is 11.6 Å². The smallest absolute Gasteiger partial charge is 0.220 e. The summed E-state index contributed by atoms with van der Waals surface area (Å²) in [6, 6.07) is 4.51. The molecule has 0 amide bonds. The molecule has 0 bridgehead atoms. The van der Waals surface area contributed by atoms with Crippen LogP contribution in [0.2, 0.25) is 5.02 Å². The Labute approximate surface area is 143 Å². The lowest BCUT2D eigenvalue weighted by molar-refractivity contribution is 0.0737. The first kappa shape index (κ1) is 16.8. The molecule has 3 rings (SSSR count). The van der Waals surface area contributed by atoms with Crippen LogP contribution in [-0.4, -0.2) is 20.9 Å². The molecule has 24 heavy (non-hydrogen) atoms. The van der Waals surface area contributed by atoms with Crippen molar-refractivity contribution in [3.63, 3.8) is 0 Å². The van der Waals surface area contributed by atoms with Gasteiger partial charge in [0.2, 0.25) is 5.95 Å². The van der Waals surface area contributed by atoms with E-state index in [9.17, 15) is 14.3 Å². The van der Waals surface area contributed by atoms with Crippen molar-refractivity contribution >= 4 is 29.0 Å². The minimum absolute atomic E-state index is 0.0118. The van der Waals surface area contributed by atoms with Gasteiger partial charge < -0.3 is 10.4 Å². The first-order valence-corrected chi connectivity index (χ1v) is 7.99. The highest BCUT2D eigenvalue weighted by atomic mass is 35.5. The Balaban J connectivity index is 1.80. The van der Waals surface area contributed by atoms with E-state index in [0.29, 0.717) is 16.4 Å². The van der Waals surface area contributed by atoms with Gasteiger partial charge in [-0.3, -0.25) is 4.79 Å². The van der Waals surface area contributed by atoms with Crippen molar-refractivity contribution in [3.05, 3.63) is 46.5 Å². The van der Waals surface area contributed by atoms with Crippen LogP contribution in [0.4, 0.5) is 16.0 Å². The minimum atomic E-state index is -1.32. The first-order valence-electron chi connectivity index (χ1n) is 7.62. The number of nitrogens with one attached hydrogen (secondary N) is 1. The quantitative estimate of drug-likeness (QED) is 0.633. The summed E-state index contributed by atoms with van der Waals surface area (Å²) in [4.78, 5) is 20.0. The van der Waals surface area contributed by atoms with Gasteiger partial charge in [0, 0.05) is 23.7 Å². The van der Waals surface area contributed by atoms with E-state index in [2.05, 4.69) is 15.3 Å². The molecule has 1 saturated carbocycles. The molecule has 2 heterocycles. The fourth-order valence-electron chi connectivity index (χ4n) is 2.34. The SMILES string of the molecule is CC(C)(O)c1ccc(Nc2cc(Cl)c(C(=O)C3CC3)cn2)nc1F. The second kappa shape index (κ2) is 6.11. The number of carbonyl (C=O) groups excluding carboxylic acids is 1. The van der Waals surface area contributed by atoms with E-state index < -0.39 is 11.5 Å². The van der Waals surface area contributed by atoms with Crippen LogP contribution >= 0.6 is 11.6 Å². The van der Waals surface area contributed by atoms with Gasteiger partial charge in [0.1, 0.15) is 11.6 Å². The van der Waals surface area contributed by atoms with E-state index in [-0.39, 0.29) is 23.1 Å². The number of carbonyl (C=O) groups is 1. The molecular weight excluding hydrogens is 333 g/mol. The number of pyridine rings is 2. The van der Waals surface area contributed by atoms with Crippen LogP contribution in [-0.2, 0) is 5.60 Å². The molecule has 0 aliphatic heterocycles. The number of hydrogen-bond acceptors (Lipinski definition) is 5. The number of Topliss-reactive ketones (excluding diaryl/α,β-unsaturated/α-hetero) is 1. The first-order chi connectivity index (χ1) is 11.3. The molecule has 126 valence electrons. The molecule has 0 spiro atoms. The summed E-state index contributed by atoms with van der Waals surface area (Å²) in [5.41, 5.74) is -0.812. The summed E-state index contributed by atoms with van der Waals surface area (Å²) < 4.78 is 14.0. The van der Waals surface area contributed by atoms with E-state index in [1.54, 1.807) is 0 Å². The third-order valence-corrected chi connectivity index (χ3v) is 4.14.